The molecule has 1 fully saturated rings. The van der Waals surface area contributed by atoms with E-state index in [0.717, 1.165) is 18.5 Å². The van der Waals surface area contributed by atoms with Gasteiger partial charge in [-0.15, -0.1) is 0 Å². The summed E-state index contributed by atoms with van der Waals surface area (Å²) in [5.41, 5.74) is 1.42. The molecule has 0 unspecified atom stereocenters. The number of hydrogen-bond donors (Lipinski definition) is 4. The lowest BCUT2D eigenvalue weighted by molar-refractivity contribution is -0.115. The van der Waals surface area contributed by atoms with Crippen molar-refractivity contribution in [3.05, 3.63) is 35.5 Å². The molecule has 2 aromatic rings. The molecule has 1 amide bonds. The maximum Gasteiger partial charge on any atom is 0.230 e. The Morgan fingerprint density at radius 1 is 1.35 bits per heavy atom. The number of benzene rings is 1. The summed E-state index contributed by atoms with van der Waals surface area (Å²) in [7, 11) is 0. The molecule has 0 bridgehead atoms. The fourth-order valence-electron chi connectivity index (χ4n) is 2.08. The van der Waals surface area contributed by atoms with Crippen LogP contribution in [-0.2, 0) is 11.2 Å². The Kier molecular flexibility index (Phi) is 3.06. The first-order chi connectivity index (χ1) is 9.61. The van der Waals surface area contributed by atoms with Gasteiger partial charge in [0, 0.05) is 23.2 Å². The molecule has 1 aliphatic rings. The first kappa shape index (κ1) is 12.5. The van der Waals surface area contributed by atoms with Crippen LogP contribution in [-0.4, -0.2) is 26.3 Å². The predicted molar refractivity (Wildman–Crippen MR) is 72.7 cm³/mol. The normalized spacial score (nSPS) is 14.2. The average molecular weight is 273 g/mol. The number of aromatic amines is 1. The van der Waals surface area contributed by atoms with Crippen molar-refractivity contribution in [3.8, 4) is 11.5 Å². The zero-order chi connectivity index (χ0) is 14.1. The summed E-state index contributed by atoms with van der Waals surface area (Å²) < 4.78 is 0. The van der Waals surface area contributed by atoms with Crippen LogP contribution in [0.15, 0.2) is 24.3 Å². The second-order valence-electron chi connectivity index (χ2n) is 5.02. The molecule has 1 heterocycles. The number of aromatic hydroxyl groups is 2. The Labute approximate surface area is 115 Å². The van der Waals surface area contributed by atoms with Crippen molar-refractivity contribution in [2.45, 2.75) is 25.2 Å². The number of H-pyrrole nitrogens is 1. The number of nitrogens with one attached hydrogen (secondary N) is 2. The van der Waals surface area contributed by atoms with E-state index in [0.29, 0.717) is 17.3 Å². The molecule has 0 saturated heterocycles. The number of nitrogens with zero attached hydrogens (tertiary/aromatic N) is 1. The van der Waals surface area contributed by atoms with E-state index in [1.54, 1.807) is 0 Å². The molecule has 1 saturated carbocycles. The van der Waals surface area contributed by atoms with Crippen molar-refractivity contribution in [1.29, 1.82) is 0 Å². The number of anilines is 1. The van der Waals surface area contributed by atoms with E-state index in [1.165, 1.54) is 18.2 Å². The predicted octanol–water partition coefficient (Wildman–Crippen LogP) is 1.88. The molecule has 20 heavy (non-hydrogen) atoms. The van der Waals surface area contributed by atoms with E-state index >= 15 is 0 Å². The molecule has 0 radical (unpaired) electrons. The highest BCUT2D eigenvalue weighted by Crippen LogP contribution is 2.39. The molecule has 1 aromatic carbocycles. The molecule has 4 N–H and O–H groups in total. The molecular weight excluding hydrogens is 258 g/mol. The number of aromatic nitrogens is 2. The first-order valence-electron chi connectivity index (χ1n) is 6.48. The standard InChI is InChI=1S/C14H15N3O3/c18-10-3-4-12(19)9(5-10)6-14(20)15-13-7-11(16-17-13)8-1-2-8/h3-5,7-8,18-19H,1-2,6H2,(H2,15,16,17,20). The number of phenolic OH excluding ortho intramolecular Hbond substituents is 2. The van der Waals surface area contributed by atoms with Gasteiger partial charge in [-0.05, 0) is 31.0 Å². The Bertz CT molecular complexity index is 647. The zero-order valence-corrected chi connectivity index (χ0v) is 10.8. The summed E-state index contributed by atoms with van der Waals surface area (Å²) in [5, 5.41) is 28.6. The van der Waals surface area contributed by atoms with Gasteiger partial charge in [-0.2, -0.15) is 5.10 Å². The highest BCUT2D eigenvalue weighted by Gasteiger charge is 2.25. The van der Waals surface area contributed by atoms with Crippen molar-refractivity contribution in [2.24, 2.45) is 0 Å². The van der Waals surface area contributed by atoms with Crippen LogP contribution in [0, 0.1) is 0 Å². The summed E-state index contributed by atoms with van der Waals surface area (Å²) in [6.45, 7) is 0. The molecule has 0 atom stereocenters. The number of carbonyl (C=O) groups is 1. The Balaban J connectivity index is 1.65. The van der Waals surface area contributed by atoms with Crippen molar-refractivity contribution in [2.75, 3.05) is 5.32 Å². The van der Waals surface area contributed by atoms with Crippen molar-refractivity contribution < 1.29 is 15.0 Å². The molecule has 0 spiro atoms. The minimum absolute atomic E-state index is 0.0151. The summed E-state index contributed by atoms with van der Waals surface area (Å²) in [5.74, 6) is 0.736. The van der Waals surface area contributed by atoms with Crippen molar-refractivity contribution >= 4 is 11.7 Å². The third-order valence-electron chi connectivity index (χ3n) is 3.30. The average Bonchev–Trinajstić information content (AvgIpc) is 3.15. The van der Waals surface area contributed by atoms with E-state index in [1.807, 2.05) is 6.07 Å². The maximum atomic E-state index is 11.9. The third kappa shape index (κ3) is 2.74. The Morgan fingerprint density at radius 3 is 2.90 bits per heavy atom. The maximum absolute atomic E-state index is 11.9. The topological polar surface area (TPSA) is 98.2 Å². The quantitative estimate of drug-likeness (QED) is 0.639. The fourth-order valence-corrected chi connectivity index (χ4v) is 2.08. The molecule has 6 heteroatoms. The first-order valence-corrected chi connectivity index (χ1v) is 6.48. The van der Waals surface area contributed by atoms with Gasteiger partial charge in [-0.25, -0.2) is 0 Å². The molecule has 1 aromatic heterocycles. The zero-order valence-electron chi connectivity index (χ0n) is 10.8. The van der Waals surface area contributed by atoms with Crippen LogP contribution in [0.3, 0.4) is 0 Å². The lowest BCUT2D eigenvalue weighted by Crippen LogP contribution is -2.14. The number of phenols is 2. The van der Waals surface area contributed by atoms with Crippen LogP contribution in [0.4, 0.5) is 5.82 Å². The molecule has 1 aliphatic carbocycles. The largest absolute Gasteiger partial charge is 0.508 e. The van der Waals surface area contributed by atoms with Crippen molar-refractivity contribution in [3.63, 3.8) is 0 Å². The van der Waals surface area contributed by atoms with Gasteiger partial charge in [0.15, 0.2) is 5.82 Å². The van der Waals surface area contributed by atoms with Crippen LogP contribution in [0.2, 0.25) is 0 Å². The van der Waals surface area contributed by atoms with Gasteiger partial charge in [0.05, 0.1) is 6.42 Å². The van der Waals surface area contributed by atoms with E-state index < -0.39 is 0 Å². The van der Waals surface area contributed by atoms with Gasteiger partial charge < -0.3 is 15.5 Å². The van der Waals surface area contributed by atoms with Gasteiger partial charge in [0.1, 0.15) is 11.5 Å². The van der Waals surface area contributed by atoms with Gasteiger partial charge in [-0.3, -0.25) is 9.89 Å². The number of amides is 1. The smallest absolute Gasteiger partial charge is 0.230 e. The highest BCUT2D eigenvalue weighted by molar-refractivity contribution is 5.91. The van der Waals surface area contributed by atoms with Crippen molar-refractivity contribution in [1.82, 2.24) is 10.2 Å². The summed E-state index contributed by atoms with van der Waals surface area (Å²) in [6.07, 6.45) is 2.30. The van der Waals surface area contributed by atoms with Crippen LogP contribution in [0.1, 0.15) is 30.0 Å². The second kappa shape index (κ2) is 4.88. The Hall–Kier alpha value is -2.50. The summed E-state index contributed by atoms with van der Waals surface area (Å²) in [4.78, 5) is 11.9. The van der Waals surface area contributed by atoms with E-state index in [9.17, 15) is 15.0 Å². The summed E-state index contributed by atoms with van der Waals surface area (Å²) >= 11 is 0. The molecular formula is C14H15N3O3. The second-order valence-corrected chi connectivity index (χ2v) is 5.02. The van der Waals surface area contributed by atoms with E-state index in [-0.39, 0.29) is 23.8 Å². The lowest BCUT2D eigenvalue weighted by atomic mass is 10.1. The number of hydrogen-bond acceptors (Lipinski definition) is 4. The monoisotopic (exact) mass is 273 g/mol. The number of rotatable bonds is 4. The van der Waals surface area contributed by atoms with Crippen LogP contribution in [0.25, 0.3) is 0 Å². The van der Waals surface area contributed by atoms with Crippen LogP contribution >= 0.6 is 0 Å². The highest BCUT2D eigenvalue weighted by atomic mass is 16.3. The molecule has 104 valence electrons. The van der Waals surface area contributed by atoms with Gasteiger partial charge in [-0.1, -0.05) is 0 Å². The van der Waals surface area contributed by atoms with Crippen LogP contribution < -0.4 is 5.32 Å². The van der Waals surface area contributed by atoms with Crippen LogP contribution in [0.5, 0.6) is 11.5 Å². The third-order valence-corrected chi connectivity index (χ3v) is 3.30. The van der Waals surface area contributed by atoms with Gasteiger partial charge in [0.25, 0.3) is 0 Å². The van der Waals surface area contributed by atoms with Gasteiger partial charge >= 0.3 is 0 Å². The molecule has 6 nitrogen and oxygen atoms in total. The van der Waals surface area contributed by atoms with E-state index in [4.69, 9.17) is 0 Å². The number of carbonyl (C=O) groups excluding carboxylic acids is 1. The minimum atomic E-state index is -0.292. The van der Waals surface area contributed by atoms with Gasteiger partial charge in [0.2, 0.25) is 5.91 Å². The van der Waals surface area contributed by atoms with E-state index in [2.05, 4.69) is 15.5 Å². The summed E-state index contributed by atoms with van der Waals surface area (Å²) in [6, 6.07) is 5.93. The minimum Gasteiger partial charge on any atom is -0.508 e. The lowest BCUT2D eigenvalue weighted by Gasteiger charge is -2.05. The SMILES string of the molecule is O=C(Cc1cc(O)ccc1O)Nc1cc(C2CC2)[nH]n1. The molecule has 0 aliphatic heterocycles. The Morgan fingerprint density at radius 2 is 2.15 bits per heavy atom. The fraction of sp³-hybridized carbons (Fsp3) is 0.286. The molecule has 3 rings (SSSR count).